The van der Waals surface area contributed by atoms with Crippen LogP contribution < -0.4 is 9.64 Å². The van der Waals surface area contributed by atoms with Gasteiger partial charge in [-0.3, -0.25) is 9.59 Å². The van der Waals surface area contributed by atoms with Gasteiger partial charge in [-0.05, 0) is 74.9 Å². The van der Waals surface area contributed by atoms with Crippen LogP contribution in [0.1, 0.15) is 59.3 Å². The zero-order valence-electron chi connectivity index (χ0n) is 24.3. The van der Waals surface area contributed by atoms with Crippen LogP contribution in [0, 0.1) is 16.7 Å². The van der Waals surface area contributed by atoms with E-state index >= 15 is 0 Å². The van der Waals surface area contributed by atoms with Gasteiger partial charge >= 0.3 is 6.01 Å². The first-order chi connectivity index (χ1) is 20.3. The number of carbonyl (C=O) groups is 2. The van der Waals surface area contributed by atoms with E-state index < -0.39 is 5.41 Å². The minimum atomic E-state index is -0.592. The van der Waals surface area contributed by atoms with E-state index in [1.165, 1.54) is 6.08 Å². The highest BCUT2D eigenvalue weighted by Gasteiger charge is 2.48. The van der Waals surface area contributed by atoms with Crippen molar-refractivity contribution in [2.45, 2.75) is 57.0 Å². The molecule has 1 aromatic heterocycles. The normalized spacial score (nSPS) is 25.6. The number of hydrogen-bond acceptors (Lipinski definition) is 8. The minimum absolute atomic E-state index is 0.0277. The SMILES string of the molecule is C=CC(=O)N1CCN(c2nc(OCC3CCCN3C)nc3c2CCC2(CC(=C)c4ccccc4C2)C3=O)CC1CC#N. The number of nitrogens with zero attached hydrogens (tertiary/aromatic N) is 6. The maximum absolute atomic E-state index is 14.5. The van der Waals surface area contributed by atoms with Crippen molar-refractivity contribution in [1.29, 1.82) is 5.26 Å². The molecule has 1 aromatic carbocycles. The van der Waals surface area contributed by atoms with E-state index in [-0.39, 0.29) is 36.2 Å². The largest absolute Gasteiger partial charge is 0.462 e. The third kappa shape index (κ3) is 4.98. The fraction of sp³-hybridized carbons (Fsp3) is 0.485. The van der Waals surface area contributed by atoms with Crippen LogP contribution in [0.3, 0.4) is 0 Å². The minimum Gasteiger partial charge on any atom is -0.462 e. The van der Waals surface area contributed by atoms with Gasteiger partial charge in [0.1, 0.15) is 18.1 Å². The van der Waals surface area contributed by atoms with Gasteiger partial charge < -0.3 is 19.4 Å². The number of carbonyl (C=O) groups excluding carboxylic acids is 2. The number of ether oxygens (including phenoxy) is 1. The van der Waals surface area contributed by atoms with E-state index in [1.807, 2.05) is 12.1 Å². The number of anilines is 1. The Labute approximate surface area is 247 Å². The van der Waals surface area contributed by atoms with Crippen molar-refractivity contribution in [3.05, 3.63) is 65.9 Å². The molecule has 9 nitrogen and oxygen atoms in total. The molecule has 0 bridgehead atoms. The number of likely N-dealkylation sites (tertiary alicyclic amines) is 1. The maximum Gasteiger partial charge on any atom is 0.319 e. The van der Waals surface area contributed by atoms with Gasteiger partial charge in [0.15, 0.2) is 5.78 Å². The lowest BCUT2D eigenvalue weighted by Crippen LogP contribution is -2.55. The Kier molecular flexibility index (Phi) is 7.58. The zero-order chi connectivity index (χ0) is 29.4. The van der Waals surface area contributed by atoms with Crippen molar-refractivity contribution >= 4 is 23.1 Å². The number of likely N-dealkylation sites (N-methyl/N-ethyl adjacent to an activating group) is 1. The number of aromatic nitrogens is 2. The molecule has 3 unspecified atom stereocenters. The number of nitriles is 1. The van der Waals surface area contributed by atoms with Crippen molar-refractivity contribution < 1.29 is 14.3 Å². The summed E-state index contributed by atoms with van der Waals surface area (Å²) in [7, 11) is 2.10. The molecule has 6 rings (SSSR count). The standard InChI is InChI=1S/C33H38N6O3/c1-4-28(40)39-17-16-38(20-24(39)12-14-34)31-27-11-13-33(18-22(2)26-10-6-5-8-23(26)19-33)30(41)29(27)35-32(36-31)42-21-25-9-7-15-37(25)3/h4-6,8,10,24-25H,1-2,7,9,11-13,15-21H2,3H3. The van der Waals surface area contributed by atoms with Crippen LogP contribution in [0.25, 0.3) is 5.57 Å². The van der Waals surface area contributed by atoms with E-state index in [0.717, 1.165) is 41.6 Å². The molecule has 1 spiro atoms. The molecule has 9 heteroatoms. The van der Waals surface area contributed by atoms with E-state index in [9.17, 15) is 14.9 Å². The fourth-order valence-corrected chi connectivity index (χ4v) is 7.31. The van der Waals surface area contributed by atoms with Crippen LogP contribution in [-0.4, -0.2) is 83.4 Å². The van der Waals surface area contributed by atoms with Crippen LogP contribution in [0.2, 0.25) is 0 Å². The van der Waals surface area contributed by atoms with Crippen LogP contribution >= 0.6 is 0 Å². The molecule has 2 aromatic rings. The zero-order valence-corrected chi connectivity index (χ0v) is 24.3. The highest BCUT2D eigenvalue weighted by Crippen LogP contribution is 2.49. The van der Waals surface area contributed by atoms with Gasteiger partial charge in [-0.25, -0.2) is 0 Å². The summed E-state index contributed by atoms with van der Waals surface area (Å²) in [5.74, 6) is 0.529. The predicted octanol–water partition coefficient (Wildman–Crippen LogP) is 3.84. The molecule has 0 N–H and O–H groups in total. The molecule has 0 radical (unpaired) electrons. The van der Waals surface area contributed by atoms with Gasteiger partial charge in [0.25, 0.3) is 0 Å². The summed E-state index contributed by atoms with van der Waals surface area (Å²) in [6, 6.07) is 10.6. The average Bonchev–Trinajstić information content (AvgIpc) is 3.42. The van der Waals surface area contributed by atoms with Gasteiger partial charge in [-0.1, -0.05) is 37.4 Å². The summed E-state index contributed by atoms with van der Waals surface area (Å²) in [5, 5.41) is 9.51. The van der Waals surface area contributed by atoms with E-state index in [2.05, 4.69) is 48.2 Å². The van der Waals surface area contributed by atoms with Crippen LogP contribution in [0.4, 0.5) is 5.82 Å². The highest BCUT2D eigenvalue weighted by molar-refractivity contribution is 6.04. The number of Topliss-reactive ketones (excluding diaryl/α,β-unsaturated/α-hetero) is 1. The second-order valence-electron chi connectivity index (χ2n) is 12.2. The number of hydrogen-bond donors (Lipinski definition) is 0. The van der Waals surface area contributed by atoms with E-state index in [4.69, 9.17) is 14.7 Å². The van der Waals surface area contributed by atoms with Crippen molar-refractivity contribution in [2.75, 3.05) is 44.7 Å². The van der Waals surface area contributed by atoms with Gasteiger partial charge in [-0.15, -0.1) is 0 Å². The van der Waals surface area contributed by atoms with Crippen LogP contribution in [0.5, 0.6) is 6.01 Å². The Morgan fingerprint density at radius 1 is 1.21 bits per heavy atom. The molecule has 4 aliphatic rings. The lowest BCUT2D eigenvalue weighted by Gasteiger charge is -2.43. The Bertz CT molecular complexity index is 1480. The van der Waals surface area contributed by atoms with Crippen molar-refractivity contribution in [1.82, 2.24) is 19.8 Å². The lowest BCUT2D eigenvalue weighted by molar-refractivity contribution is -0.128. The molecule has 42 heavy (non-hydrogen) atoms. The molecule has 2 fully saturated rings. The van der Waals surface area contributed by atoms with Crippen molar-refractivity contribution in [3.63, 3.8) is 0 Å². The number of benzene rings is 1. The average molecular weight is 567 g/mol. The maximum atomic E-state index is 14.5. The van der Waals surface area contributed by atoms with Gasteiger partial charge in [0.2, 0.25) is 5.91 Å². The van der Waals surface area contributed by atoms with Crippen molar-refractivity contribution in [2.24, 2.45) is 5.41 Å². The van der Waals surface area contributed by atoms with Gasteiger partial charge in [-0.2, -0.15) is 15.2 Å². The molecule has 1 amide bonds. The Morgan fingerprint density at radius 3 is 2.81 bits per heavy atom. The first-order valence-electron chi connectivity index (χ1n) is 14.9. The molecule has 218 valence electrons. The number of rotatable bonds is 6. The number of allylic oxidation sites excluding steroid dienone is 1. The molecule has 0 saturated carbocycles. The first-order valence-corrected chi connectivity index (χ1v) is 14.9. The highest BCUT2D eigenvalue weighted by atomic mass is 16.5. The topological polar surface area (TPSA) is 103 Å². The Balaban J connectivity index is 1.36. The third-order valence-electron chi connectivity index (χ3n) is 9.64. The molecule has 2 aliphatic carbocycles. The lowest BCUT2D eigenvalue weighted by atomic mass is 9.61. The van der Waals surface area contributed by atoms with Gasteiger partial charge in [0, 0.05) is 36.7 Å². The molecular formula is C33H38N6O3. The second kappa shape index (κ2) is 11.3. The fourth-order valence-electron chi connectivity index (χ4n) is 7.31. The molecule has 2 aliphatic heterocycles. The van der Waals surface area contributed by atoms with Crippen LogP contribution in [-0.2, 0) is 17.6 Å². The molecule has 2 saturated heterocycles. The third-order valence-corrected chi connectivity index (χ3v) is 9.64. The number of fused-ring (bicyclic) bond motifs is 2. The Hall–Kier alpha value is -4.03. The first kappa shape index (κ1) is 28.1. The molecule has 3 heterocycles. The Morgan fingerprint density at radius 2 is 2.05 bits per heavy atom. The summed E-state index contributed by atoms with van der Waals surface area (Å²) in [4.78, 5) is 42.8. The quantitative estimate of drug-likeness (QED) is 0.486. The van der Waals surface area contributed by atoms with Gasteiger partial charge in [0.05, 0.1) is 18.5 Å². The van der Waals surface area contributed by atoms with Crippen LogP contribution in [0.15, 0.2) is 43.5 Å². The second-order valence-corrected chi connectivity index (χ2v) is 12.2. The molecular weight excluding hydrogens is 528 g/mol. The van der Waals surface area contributed by atoms with E-state index in [0.29, 0.717) is 63.4 Å². The monoisotopic (exact) mass is 566 g/mol. The molecule has 3 atom stereocenters. The summed E-state index contributed by atoms with van der Waals surface area (Å²) in [6.45, 7) is 10.9. The summed E-state index contributed by atoms with van der Waals surface area (Å²) in [5.41, 5.74) is 3.97. The van der Waals surface area contributed by atoms with E-state index in [1.54, 1.807) is 4.90 Å². The number of ketones is 1. The van der Waals surface area contributed by atoms with Crippen molar-refractivity contribution in [3.8, 4) is 12.1 Å². The number of piperazine rings is 1. The smallest absolute Gasteiger partial charge is 0.319 e. The number of amides is 1. The summed E-state index contributed by atoms with van der Waals surface area (Å²) >= 11 is 0. The summed E-state index contributed by atoms with van der Waals surface area (Å²) in [6.07, 6.45) is 6.29. The summed E-state index contributed by atoms with van der Waals surface area (Å²) < 4.78 is 6.22. The predicted molar refractivity (Wildman–Crippen MR) is 160 cm³/mol.